The number of hydrogen-bond donors (Lipinski definition) is 1. The number of hydrogen-bond acceptors (Lipinski definition) is 8. The summed E-state index contributed by atoms with van der Waals surface area (Å²) in [6, 6.07) is 16.4. The Hall–Kier alpha value is -4.41. The van der Waals surface area contributed by atoms with Gasteiger partial charge in [0.25, 0.3) is 5.69 Å². The van der Waals surface area contributed by atoms with Gasteiger partial charge < -0.3 is 14.2 Å². The van der Waals surface area contributed by atoms with Crippen molar-refractivity contribution in [3.05, 3.63) is 82.0 Å². The maximum Gasteiger partial charge on any atom is 0.514 e. The monoisotopic (exact) mass is 522 g/mol. The number of rotatable bonds is 7. The molecule has 0 bridgehead atoms. The standard InChI is InChI=1S/C27H30N4O7/c1-27(2,3)30-23(16-24(29-30)28-25(32)36-17-18-7-5-4-6-8-18)19-9-12-22(15-19)38-26(33)37-21-13-10-20(11-14-21)31(34)35/h4-8,10-11,13-14,16,19,22H,9,12,15,17H2,1-3H3,(H,28,29,32). The second kappa shape index (κ2) is 11.3. The first kappa shape index (κ1) is 26.6. The van der Waals surface area contributed by atoms with Gasteiger partial charge in [-0.3, -0.25) is 20.1 Å². The molecule has 11 heteroatoms. The van der Waals surface area contributed by atoms with E-state index < -0.39 is 17.2 Å². The van der Waals surface area contributed by atoms with Crippen molar-refractivity contribution in [3.63, 3.8) is 0 Å². The number of aromatic nitrogens is 2. The summed E-state index contributed by atoms with van der Waals surface area (Å²) in [4.78, 5) is 34.9. The van der Waals surface area contributed by atoms with Crippen LogP contribution >= 0.6 is 0 Å². The van der Waals surface area contributed by atoms with Crippen LogP contribution in [0.1, 0.15) is 57.2 Å². The number of carbonyl (C=O) groups is 2. The summed E-state index contributed by atoms with van der Waals surface area (Å²) in [5.74, 6) is 0.598. The average molecular weight is 523 g/mol. The second-order valence-electron chi connectivity index (χ2n) is 10.1. The third-order valence-electron chi connectivity index (χ3n) is 6.13. The minimum Gasteiger partial charge on any atom is -0.444 e. The van der Waals surface area contributed by atoms with Crippen molar-refractivity contribution in [2.45, 2.75) is 64.2 Å². The molecule has 3 aromatic rings. The number of ether oxygens (including phenoxy) is 3. The molecule has 1 amide bonds. The summed E-state index contributed by atoms with van der Waals surface area (Å²) in [6.45, 7) is 6.21. The third-order valence-corrected chi connectivity index (χ3v) is 6.13. The number of nitro benzene ring substituents is 1. The fourth-order valence-electron chi connectivity index (χ4n) is 4.36. The van der Waals surface area contributed by atoms with Crippen LogP contribution in [0, 0.1) is 10.1 Å². The van der Waals surface area contributed by atoms with Gasteiger partial charge in [0.2, 0.25) is 0 Å². The van der Waals surface area contributed by atoms with Crippen molar-refractivity contribution < 1.29 is 28.7 Å². The first-order chi connectivity index (χ1) is 18.1. The van der Waals surface area contributed by atoms with E-state index in [-0.39, 0.29) is 35.6 Å². The zero-order valence-corrected chi connectivity index (χ0v) is 21.5. The van der Waals surface area contributed by atoms with Crippen LogP contribution in [-0.4, -0.2) is 33.1 Å². The molecule has 1 heterocycles. The first-order valence-electron chi connectivity index (χ1n) is 12.3. The number of anilines is 1. The van der Waals surface area contributed by atoms with Crippen LogP contribution in [0.3, 0.4) is 0 Å². The average Bonchev–Trinajstić information content (AvgIpc) is 3.50. The van der Waals surface area contributed by atoms with Crippen molar-refractivity contribution >= 4 is 23.8 Å². The summed E-state index contributed by atoms with van der Waals surface area (Å²) >= 11 is 0. The van der Waals surface area contributed by atoms with E-state index in [9.17, 15) is 19.7 Å². The molecule has 0 saturated heterocycles. The van der Waals surface area contributed by atoms with Gasteiger partial charge in [-0.05, 0) is 57.7 Å². The van der Waals surface area contributed by atoms with Crippen LogP contribution in [0.2, 0.25) is 0 Å². The Bertz CT molecular complexity index is 1280. The van der Waals surface area contributed by atoms with E-state index in [4.69, 9.17) is 14.2 Å². The Morgan fingerprint density at radius 2 is 1.82 bits per heavy atom. The maximum atomic E-state index is 12.4. The SMILES string of the molecule is CC(C)(C)n1nc(NC(=O)OCc2ccccc2)cc1C1CCC(OC(=O)Oc2ccc([N+](=O)[O-])cc2)C1. The largest absolute Gasteiger partial charge is 0.514 e. The predicted octanol–water partition coefficient (Wildman–Crippen LogP) is 6.15. The molecule has 11 nitrogen and oxygen atoms in total. The molecule has 1 saturated carbocycles. The first-order valence-corrected chi connectivity index (χ1v) is 12.3. The lowest BCUT2D eigenvalue weighted by Gasteiger charge is -2.24. The van der Waals surface area contributed by atoms with Crippen LogP contribution in [-0.2, 0) is 21.6 Å². The van der Waals surface area contributed by atoms with E-state index in [1.54, 1.807) is 0 Å². The van der Waals surface area contributed by atoms with Crippen LogP contribution in [0.15, 0.2) is 60.7 Å². The molecule has 0 spiro atoms. The summed E-state index contributed by atoms with van der Waals surface area (Å²) in [5.41, 5.74) is 1.35. The Morgan fingerprint density at radius 1 is 1.11 bits per heavy atom. The molecule has 1 aliphatic rings. The Morgan fingerprint density at radius 3 is 2.47 bits per heavy atom. The summed E-state index contributed by atoms with van der Waals surface area (Å²) in [5, 5.41) is 18.1. The number of nitrogens with one attached hydrogen (secondary N) is 1. The predicted molar refractivity (Wildman–Crippen MR) is 138 cm³/mol. The zero-order chi connectivity index (χ0) is 27.3. The van der Waals surface area contributed by atoms with E-state index in [1.165, 1.54) is 24.3 Å². The molecule has 1 aliphatic carbocycles. The van der Waals surface area contributed by atoms with Crippen LogP contribution < -0.4 is 10.1 Å². The summed E-state index contributed by atoms with van der Waals surface area (Å²) in [7, 11) is 0. The molecular weight excluding hydrogens is 492 g/mol. The van der Waals surface area contributed by atoms with Gasteiger partial charge in [-0.1, -0.05) is 30.3 Å². The highest BCUT2D eigenvalue weighted by molar-refractivity contribution is 5.83. The molecular formula is C27H30N4O7. The van der Waals surface area contributed by atoms with Gasteiger partial charge in [0.15, 0.2) is 5.82 Å². The molecule has 1 fully saturated rings. The number of benzene rings is 2. The van der Waals surface area contributed by atoms with Crippen molar-refractivity contribution in [2.24, 2.45) is 0 Å². The molecule has 2 atom stereocenters. The maximum absolute atomic E-state index is 12.4. The number of carbonyl (C=O) groups excluding carboxylic acids is 2. The fraction of sp³-hybridized carbons (Fsp3) is 0.370. The van der Waals surface area contributed by atoms with Crippen LogP contribution in [0.4, 0.5) is 21.1 Å². The van der Waals surface area contributed by atoms with Crippen molar-refractivity contribution in [1.29, 1.82) is 0 Å². The molecule has 38 heavy (non-hydrogen) atoms. The van der Waals surface area contributed by atoms with Crippen LogP contribution in [0.25, 0.3) is 0 Å². The lowest BCUT2D eigenvalue weighted by molar-refractivity contribution is -0.384. The van der Waals surface area contributed by atoms with Gasteiger partial charge >= 0.3 is 12.2 Å². The van der Waals surface area contributed by atoms with Crippen molar-refractivity contribution in [1.82, 2.24) is 9.78 Å². The fourth-order valence-corrected chi connectivity index (χ4v) is 4.36. The number of non-ortho nitro benzene ring substituents is 1. The number of nitrogens with zero attached hydrogens (tertiary/aromatic N) is 3. The van der Waals surface area contributed by atoms with Gasteiger partial charge in [-0.2, -0.15) is 5.10 Å². The van der Waals surface area contributed by atoms with Gasteiger partial charge in [-0.25, -0.2) is 9.59 Å². The van der Waals surface area contributed by atoms with E-state index in [2.05, 4.69) is 10.4 Å². The molecule has 0 radical (unpaired) electrons. The van der Waals surface area contributed by atoms with Gasteiger partial charge in [0.05, 0.1) is 10.5 Å². The quantitative estimate of drug-likeness (QED) is 0.169. The van der Waals surface area contributed by atoms with Crippen molar-refractivity contribution in [2.75, 3.05) is 5.32 Å². The van der Waals surface area contributed by atoms with Gasteiger partial charge in [-0.15, -0.1) is 0 Å². The lowest BCUT2D eigenvalue weighted by atomic mass is 10.0. The highest BCUT2D eigenvalue weighted by atomic mass is 16.7. The van der Waals surface area contributed by atoms with Gasteiger partial charge in [0.1, 0.15) is 18.5 Å². The molecule has 200 valence electrons. The Kier molecular flexibility index (Phi) is 7.94. The van der Waals surface area contributed by atoms with E-state index >= 15 is 0 Å². The van der Waals surface area contributed by atoms with Gasteiger partial charge in [0, 0.05) is 29.8 Å². The Labute approximate surface area is 219 Å². The normalized spacial score (nSPS) is 17.0. The minimum atomic E-state index is -0.864. The lowest BCUT2D eigenvalue weighted by Crippen LogP contribution is -2.26. The minimum absolute atomic E-state index is 0.0507. The van der Waals surface area contributed by atoms with E-state index in [0.29, 0.717) is 18.7 Å². The van der Waals surface area contributed by atoms with Crippen LogP contribution in [0.5, 0.6) is 5.75 Å². The smallest absolute Gasteiger partial charge is 0.444 e. The zero-order valence-electron chi connectivity index (χ0n) is 21.5. The molecule has 2 unspecified atom stereocenters. The Balaban J connectivity index is 1.35. The molecule has 2 aromatic carbocycles. The second-order valence-corrected chi connectivity index (χ2v) is 10.1. The highest BCUT2D eigenvalue weighted by Gasteiger charge is 2.34. The molecule has 1 aromatic heterocycles. The molecule has 0 aliphatic heterocycles. The van der Waals surface area contributed by atoms with E-state index in [0.717, 1.165) is 17.7 Å². The summed E-state index contributed by atoms with van der Waals surface area (Å²) < 4.78 is 17.9. The topological polar surface area (TPSA) is 135 Å². The third kappa shape index (κ3) is 6.87. The highest BCUT2D eigenvalue weighted by Crippen LogP contribution is 2.39. The number of nitro groups is 1. The summed E-state index contributed by atoms with van der Waals surface area (Å²) in [6.07, 6.45) is 0.139. The number of amides is 1. The van der Waals surface area contributed by atoms with Crippen molar-refractivity contribution in [3.8, 4) is 5.75 Å². The molecule has 1 N–H and O–H groups in total. The van der Waals surface area contributed by atoms with E-state index in [1.807, 2.05) is 61.9 Å². The molecule has 4 rings (SSSR count).